The maximum absolute atomic E-state index is 12.1. The average molecular weight is 271 g/mol. The van der Waals surface area contributed by atoms with Gasteiger partial charge in [-0.25, -0.2) is 9.59 Å². The molecule has 1 heterocycles. The fourth-order valence-corrected chi connectivity index (χ4v) is 2.53. The molecular weight excluding hydrogens is 246 g/mol. The first kappa shape index (κ1) is 15.8. The van der Waals surface area contributed by atoms with Crippen molar-refractivity contribution in [2.75, 3.05) is 6.54 Å². The van der Waals surface area contributed by atoms with Gasteiger partial charge in [0.2, 0.25) is 0 Å². The van der Waals surface area contributed by atoms with Crippen molar-refractivity contribution in [2.24, 2.45) is 11.3 Å². The largest absolute Gasteiger partial charge is 0.480 e. The molecular formula is C14H25NO4. The van der Waals surface area contributed by atoms with Crippen LogP contribution in [0, 0.1) is 11.3 Å². The predicted molar refractivity (Wildman–Crippen MR) is 71.9 cm³/mol. The second-order valence-corrected chi connectivity index (χ2v) is 7.22. The molecule has 0 saturated carbocycles. The Hall–Kier alpha value is -1.26. The van der Waals surface area contributed by atoms with E-state index in [-0.39, 0.29) is 11.3 Å². The Morgan fingerprint density at radius 1 is 1.16 bits per heavy atom. The number of likely N-dealkylation sites (tertiary alicyclic amines) is 1. The topological polar surface area (TPSA) is 66.8 Å². The van der Waals surface area contributed by atoms with Crippen LogP contribution in [0.4, 0.5) is 4.79 Å². The zero-order valence-corrected chi connectivity index (χ0v) is 12.7. The number of carboxylic acids is 1. The van der Waals surface area contributed by atoms with E-state index < -0.39 is 23.7 Å². The van der Waals surface area contributed by atoms with Gasteiger partial charge < -0.3 is 9.84 Å². The second kappa shape index (κ2) is 5.02. The van der Waals surface area contributed by atoms with Crippen molar-refractivity contribution in [3.8, 4) is 0 Å². The van der Waals surface area contributed by atoms with Crippen LogP contribution in [-0.2, 0) is 9.53 Å². The molecule has 1 N–H and O–H groups in total. The van der Waals surface area contributed by atoms with E-state index in [0.717, 1.165) is 0 Å². The van der Waals surface area contributed by atoms with E-state index in [1.165, 1.54) is 4.90 Å². The Morgan fingerprint density at radius 3 is 2.05 bits per heavy atom. The van der Waals surface area contributed by atoms with Crippen molar-refractivity contribution >= 4 is 12.1 Å². The number of carbonyl (C=O) groups excluding carboxylic acids is 1. The average Bonchev–Trinajstić information content (AvgIpc) is 2.57. The van der Waals surface area contributed by atoms with Gasteiger partial charge in [-0.15, -0.1) is 0 Å². The van der Waals surface area contributed by atoms with Crippen LogP contribution in [0.15, 0.2) is 0 Å². The molecule has 19 heavy (non-hydrogen) atoms. The normalized spacial score (nSPS) is 24.4. The summed E-state index contributed by atoms with van der Waals surface area (Å²) in [6, 6.07) is -0.796. The highest BCUT2D eigenvalue weighted by Crippen LogP contribution is 2.39. The molecule has 2 atom stereocenters. The number of hydrogen-bond acceptors (Lipinski definition) is 3. The zero-order chi connectivity index (χ0) is 15.0. The van der Waals surface area contributed by atoms with Gasteiger partial charge in [0.1, 0.15) is 11.6 Å². The molecule has 0 aromatic heterocycles. The highest BCUT2D eigenvalue weighted by molar-refractivity contribution is 5.81. The van der Waals surface area contributed by atoms with Crippen LogP contribution in [0.3, 0.4) is 0 Å². The van der Waals surface area contributed by atoms with Crippen molar-refractivity contribution in [1.29, 1.82) is 0 Å². The van der Waals surface area contributed by atoms with Crippen LogP contribution in [0.25, 0.3) is 0 Å². The molecule has 1 fully saturated rings. The third kappa shape index (κ3) is 3.85. The van der Waals surface area contributed by atoms with Gasteiger partial charge in [0.15, 0.2) is 0 Å². The number of hydrogen-bond donors (Lipinski definition) is 1. The van der Waals surface area contributed by atoms with Crippen molar-refractivity contribution in [1.82, 2.24) is 4.90 Å². The summed E-state index contributed by atoms with van der Waals surface area (Å²) in [6.45, 7) is 11.8. The van der Waals surface area contributed by atoms with Crippen molar-refractivity contribution < 1.29 is 19.4 Å². The van der Waals surface area contributed by atoms with Gasteiger partial charge in [-0.2, -0.15) is 0 Å². The van der Waals surface area contributed by atoms with Crippen molar-refractivity contribution in [3.05, 3.63) is 0 Å². The SMILES string of the molecule is CC(C)(C)OC(=O)N1CCC(C(C)(C)C)C1C(=O)O. The molecule has 2 unspecified atom stereocenters. The number of carbonyl (C=O) groups is 2. The highest BCUT2D eigenvalue weighted by Gasteiger charge is 2.47. The molecule has 0 aromatic carbocycles. The summed E-state index contributed by atoms with van der Waals surface area (Å²) in [5.41, 5.74) is -0.764. The van der Waals surface area contributed by atoms with Gasteiger partial charge in [-0.05, 0) is 38.5 Å². The lowest BCUT2D eigenvalue weighted by atomic mass is 9.76. The Morgan fingerprint density at radius 2 is 1.68 bits per heavy atom. The van der Waals surface area contributed by atoms with Gasteiger partial charge in [0.05, 0.1) is 0 Å². The molecule has 1 aliphatic heterocycles. The molecule has 0 aromatic rings. The summed E-state index contributed by atoms with van der Waals surface area (Å²) in [5.74, 6) is -1.01. The van der Waals surface area contributed by atoms with E-state index in [2.05, 4.69) is 0 Å². The van der Waals surface area contributed by atoms with E-state index in [4.69, 9.17) is 4.74 Å². The van der Waals surface area contributed by atoms with E-state index >= 15 is 0 Å². The number of nitrogens with zero attached hydrogens (tertiary/aromatic N) is 1. The van der Waals surface area contributed by atoms with E-state index in [9.17, 15) is 14.7 Å². The minimum atomic E-state index is -0.955. The molecule has 110 valence electrons. The first-order chi connectivity index (χ1) is 8.43. The van der Waals surface area contributed by atoms with E-state index in [1.54, 1.807) is 20.8 Å². The molecule has 5 nitrogen and oxygen atoms in total. The Bertz CT molecular complexity index is 365. The standard InChI is InChI=1S/C14H25NO4/c1-13(2,3)9-7-8-15(10(9)11(16)17)12(18)19-14(4,5)6/h9-10H,7-8H2,1-6H3,(H,16,17). The number of ether oxygens (including phenoxy) is 1. The van der Waals surface area contributed by atoms with Gasteiger partial charge in [-0.3, -0.25) is 4.90 Å². The van der Waals surface area contributed by atoms with Crippen LogP contribution >= 0.6 is 0 Å². The first-order valence-electron chi connectivity index (χ1n) is 6.66. The molecule has 1 rings (SSSR count). The summed E-state index contributed by atoms with van der Waals surface area (Å²) >= 11 is 0. The molecule has 0 aliphatic carbocycles. The fourth-order valence-electron chi connectivity index (χ4n) is 2.53. The lowest BCUT2D eigenvalue weighted by Gasteiger charge is -2.33. The predicted octanol–water partition coefficient (Wildman–Crippen LogP) is 2.74. The van der Waals surface area contributed by atoms with Crippen LogP contribution in [0.5, 0.6) is 0 Å². The summed E-state index contributed by atoms with van der Waals surface area (Å²) in [4.78, 5) is 24.9. The van der Waals surface area contributed by atoms with Gasteiger partial charge in [0, 0.05) is 6.54 Å². The molecule has 1 amide bonds. The lowest BCUT2D eigenvalue weighted by molar-refractivity contribution is -0.144. The van der Waals surface area contributed by atoms with Gasteiger partial charge >= 0.3 is 12.1 Å². The van der Waals surface area contributed by atoms with Crippen LogP contribution < -0.4 is 0 Å². The molecule has 5 heteroatoms. The minimum absolute atomic E-state index is 0.0579. The molecule has 0 spiro atoms. The fraction of sp³-hybridized carbons (Fsp3) is 0.857. The van der Waals surface area contributed by atoms with Crippen LogP contribution in [0.2, 0.25) is 0 Å². The number of carboxylic acid groups (broad SMARTS) is 1. The smallest absolute Gasteiger partial charge is 0.411 e. The maximum atomic E-state index is 12.1. The summed E-state index contributed by atoms with van der Waals surface area (Å²) in [6.07, 6.45) is 0.159. The number of amides is 1. The quantitative estimate of drug-likeness (QED) is 0.796. The lowest BCUT2D eigenvalue weighted by Crippen LogP contribution is -2.47. The van der Waals surface area contributed by atoms with E-state index in [1.807, 2.05) is 20.8 Å². The third-order valence-electron chi connectivity index (χ3n) is 3.39. The maximum Gasteiger partial charge on any atom is 0.411 e. The van der Waals surface area contributed by atoms with Gasteiger partial charge in [-0.1, -0.05) is 20.8 Å². The van der Waals surface area contributed by atoms with Crippen LogP contribution in [0.1, 0.15) is 48.0 Å². The van der Waals surface area contributed by atoms with Gasteiger partial charge in [0.25, 0.3) is 0 Å². The van der Waals surface area contributed by atoms with Crippen LogP contribution in [-0.4, -0.2) is 40.3 Å². The Balaban J connectivity index is 2.91. The third-order valence-corrected chi connectivity index (χ3v) is 3.39. The second-order valence-electron chi connectivity index (χ2n) is 7.22. The first-order valence-corrected chi connectivity index (χ1v) is 6.66. The highest BCUT2D eigenvalue weighted by atomic mass is 16.6. The minimum Gasteiger partial charge on any atom is -0.480 e. The summed E-state index contributed by atoms with van der Waals surface area (Å²) in [5, 5.41) is 9.42. The monoisotopic (exact) mass is 271 g/mol. The van der Waals surface area contributed by atoms with Crippen molar-refractivity contribution in [3.63, 3.8) is 0 Å². The number of aliphatic carboxylic acids is 1. The Kier molecular flexibility index (Phi) is 4.17. The molecule has 0 radical (unpaired) electrons. The number of rotatable bonds is 1. The molecule has 1 aliphatic rings. The van der Waals surface area contributed by atoms with E-state index in [0.29, 0.717) is 13.0 Å². The van der Waals surface area contributed by atoms with Crippen molar-refractivity contribution in [2.45, 2.75) is 59.6 Å². The molecule has 0 bridgehead atoms. The summed E-state index contributed by atoms with van der Waals surface area (Å²) in [7, 11) is 0. The molecule has 1 saturated heterocycles. The zero-order valence-electron chi connectivity index (χ0n) is 12.7. The summed E-state index contributed by atoms with van der Waals surface area (Å²) < 4.78 is 5.29. The Labute approximate surface area is 114 Å².